The van der Waals surface area contributed by atoms with Crippen molar-refractivity contribution in [2.75, 3.05) is 18.6 Å². The van der Waals surface area contributed by atoms with Gasteiger partial charge >= 0.3 is 0 Å². The fourth-order valence-electron chi connectivity index (χ4n) is 2.71. The average Bonchev–Trinajstić information content (AvgIpc) is 3.17. The van der Waals surface area contributed by atoms with E-state index in [0.29, 0.717) is 23.2 Å². The summed E-state index contributed by atoms with van der Waals surface area (Å²) in [6.07, 6.45) is 4.24. The molecular weight excluding hydrogens is 384 g/mol. The first kappa shape index (κ1) is 20.6. The molecule has 1 amide bonds. The Hall–Kier alpha value is -3.12. The molecule has 0 bridgehead atoms. The van der Waals surface area contributed by atoms with Gasteiger partial charge in [0.1, 0.15) is 0 Å². The second kappa shape index (κ2) is 9.89. The van der Waals surface area contributed by atoms with E-state index in [4.69, 9.17) is 9.47 Å². The molecule has 0 atom stereocenters. The Kier molecular flexibility index (Phi) is 7.03. The van der Waals surface area contributed by atoms with Crippen molar-refractivity contribution in [2.24, 2.45) is 0 Å². The predicted octanol–water partition coefficient (Wildman–Crippen LogP) is 5.63. The summed E-state index contributed by atoms with van der Waals surface area (Å²) in [5, 5.41) is 2.58. The van der Waals surface area contributed by atoms with Crippen LogP contribution in [0.3, 0.4) is 0 Å². The molecular formula is C23H24N2O3S. The van der Waals surface area contributed by atoms with E-state index >= 15 is 0 Å². The van der Waals surface area contributed by atoms with Crippen molar-refractivity contribution < 1.29 is 14.3 Å². The van der Waals surface area contributed by atoms with Crippen molar-refractivity contribution in [3.63, 3.8) is 0 Å². The maximum absolute atomic E-state index is 13.0. The molecule has 0 unspecified atom stereocenters. The molecule has 0 aliphatic heterocycles. The van der Waals surface area contributed by atoms with Crippen molar-refractivity contribution >= 4 is 34.1 Å². The summed E-state index contributed by atoms with van der Waals surface area (Å²) in [5.74, 6) is 1.17. The fourth-order valence-corrected chi connectivity index (χ4v) is 3.54. The second-order valence-corrected chi connectivity index (χ2v) is 7.21. The molecule has 6 heteroatoms. The molecule has 0 saturated heterocycles. The maximum Gasteiger partial charge on any atom is 0.257 e. The maximum atomic E-state index is 13.0. The number of carbonyl (C=O) groups excluding carboxylic acids is 1. The van der Waals surface area contributed by atoms with Gasteiger partial charge in [0, 0.05) is 11.5 Å². The minimum Gasteiger partial charge on any atom is -0.493 e. The average molecular weight is 409 g/mol. The molecule has 0 N–H and O–H groups in total. The number of benzene rings is 2. The van der Waals surface area contributed by atoms with E-state index in [2.05, 4.69) is 11.9 Å². The van der Waals surface area contributed by atoms with Crippen molar-refractivity contribution in [2.45, 2.75) is 20.3 Å². The first-order chi connectivity index (χ1) is 14.1. The third-order valence-electron chi connectivity index (χ3n) is 4.10. The predicted molar refractivity (Wildman–Crippen MR) is 118 cm³/mol. The van der Waals surface area contributed by atoms with Crippen LogP contribution >= 0.6 is 11.3 Å². The van der Waals surface area contributed by atoms with Crippen LogP contribution in [0, 0.1) is 6.92 Å². The monoisotopic (exact) mass is 408 g/mol. The first-order valence-electron chi connectivity index (χ1n) is 9.42. The molecule has 150 valence electrons. The summed E-state index contributed by atoms with van der Waals surface area (Å²) in [6, 6.07) is 15.1. The number of aromatic nitrogens is 1. The van der Waals surface area contributed by atoms with Crippen molar-refractivity contribution in [3.05, 3.63) is 71.2 Å². The lowest BCUT2D eigenvalue weighted by molar-refractivity contribution is -0.113. The lowest BCUT2D eigenvalue weighted by Gasteiger charge is -2.18. The zero-order chi connectivity index (χ0) is 20.6. The largest absolute Gasteiger partial charge is 0.493 e. The Labute approximate surface area is 175 Å². The highest BCUT2D eigenvalue weighted by Gasteiger charge is 2.18. The highest BCUT2D eigenvalue weighted by Crippen LogP contribution is 2.30. The Balaban J connectivity index is 1.85. The number of anilines is 2. The zero-order valence-corrected chi connectivity index (χ0v) is 17.6. The van der Waals surface area contributed by atoms with E-state index < -0.39 is 0 Å². The first-order valence-corrected chi connectivity index (χ1v) is 10.3. The Morgan fingerprint density at radius 1 is 1.17 bits per heavy atom. The molecule has 0 radical (unpaired) electrons. The number of thiazole rings is 1. The number of hydrogen-bond acceptors (Lipinski definition) is 5. The van der Waals surface area contributed by atoms with Crippen LogP contribution in [-0.2, 0) is 4.79 Å². The van der Waals surface area contributed by atoms with Gasteiger partial charge in [-0.3, -0.25) is 9.69 Å². The third-order valence-corrected chi connectivity index (χ3v) is 5.04. The standard InChI is InChI=1S/C23H24N2O3S/c1-4-14-28-20-12-10-18(15-21(20)27-3)11-13-22(26)25(19-8-6-5-7-9-19)23-24-17(2)16-29-23/h5-13,15-16H,4,14H2,1-3H3/b13-11+. The normalized spacial score (nSPS) is 10.9. The second-order valence-electron chi connectivity index (χ2n) is 6.37. The molecule has 2 aromatic carbocycles. The van der Waals surface area contributed by atoms with Gasteiger partial charge in [-0.05, 0) is 49.2 Å². The van der Waals surface area contributed by atoms with Crippen molar-refractivity contribution in [1.29, 1.82) is 0 Å². The van der Waals surface area contributed by atoms with Crippen LogP contribution in [0.1, 0.15) is 24.6 Å². The number of hydrogen-bond donors (Lipinski definition) is 0. The Morgan fingerprint density at radius 2 is 1.97 bits per heavy atom. The van der Waals surface area contributed by atoms with Crippen LogP contribution in [0.15, 0.2) is 60.0 Å². The number of amides is 1. The number of ether oxygens (including phenoxy) is 2. The van der Waals surface area contributed by atoms with E-state index in [-0.39, 0.29) is 5.91 Å². The summed E-state index contributed by atoms with van der Waals surface area (Å²) in [4.78, 5) is 19.1. The fraction of sp³-hybridized carbons (Fsp3) is 0.217. The topological polar surface area (TPSA) is 51.7 Å². The lowest BCUT2D eigenvalue weighted by Crippen LogP contribution is -2.23. The minimum atomic E-state index is -0.171. The highest BCUT2D eigenvalue weighted by molar-refractivity contribution is 7.14. The van der Waals surface area contributed by atoms with Crippen LogP contribution < -0.4 is 14.4 Å². The SMILES string of the molecule is CCCOc1ccc(/C=C/C(=O)N(c2ccccc2)c2nc(C)cs2)cc1OC. The van der Waals surface area contributed by atoms with Crippen molar-refractivity contribution in [3.8, 4) is 11.5 Å². The number of nitrogens with zero attached hydrogens (tertiary/aromatic N) is 2. The molecule has 0 saturated carbocycles. The van der Waals surface area contributed by atoms with Gasteiger partial charge in [0.15, 0.2) is 16.6 Å². The number of rotatable bonds is 8. The zero-order valence-electron chi connectivity index (χ0n) is 16.8. The molecule has 29 heavy (non-hydrogen) atoms. The lowest BCUT2D eigenvalue weighted by atomic mass is 10.2. The summed E-state index contributed by atoms with van der Waals surface area (Å²) in [5.41, 5.74) is 2.51. The number of para-hydroxylation sites is 1. The number of aryl methyl sites for hydroxylation is 1. The van der Waals surface area contributed by atoms with Crippen LogP contribution in [0.5, 0.6) is 11.5 Å². The molecule has 0 spiro atoms. The van der Waals surface area contributed by atoms with Gasteiger partial charge in [-0.25, -0.2) is 4.98 Å². The summed E-state index contributed by atoms with van der Waals surface area (Å²) in [7, 11) is 1.61. The smallest absolute Gasteiger partial charge is 0.257 e. The van der Waals surface area contributed by atoms with Crippen LogP contribution in [0.4, 0.5) is 10.8 Å². The van der Waals surface area contributed by atoms with E-state index in [9.17, 15) is 4.79 Å². The van der Waals surface area contributed by atoms with Gasteiger partial charge in [-0.2, -0.15) is 0 Å². The molecule has 1 aromatic heterocycles. The summed E-state index contributed by atoms with van der Waals surface area (Å²) < 4.78 is 11.1. The molecule has 5 nitrogen and oxygen atoms in total. The third kappa shape index (κ3) is 5.23. The van der Waals surface area contributed by atoms with Gasteiger partial charge in [0.25, 0.3) is 5.91 Å². The van der Waals surface area contributed by atoms with Crippen LogP contribution in [0.2, 0.25) is 0 Å². The van der Waals surface area contributed by atoms with Crippen LogP contribution in [0.25, 0.3) is 6.08 Å². The summed E-state index contributed by atoms with van der Waals surface area (Å²) >= 11 is 1.44. The molecule has 3 aromatic rings. The molecule has 0 fully saturated rings. The molecule has 0 aliphatic rings. The van der Waals surface area contributed by atoms with Crippen LogP contribution in [-0.4, -0.2) is 24.6 Å². The highest BCUT2D eigenvalue weighted by atomic mass is 32.1. The molecule has 3 rings (SSSR count). The number of carbonyl (C=O) groups is 1. The molecule has 1 heterocycles. The van der Waals surface area contributed by atoms with E-state index in [1.54, 1.807) is 24.2 Å². The van der Waals surface area contributed by atoms with Gasteiger partial charge in [0.2, 0.25) is 0 Å². The van der Waals surface area contributed by atoms with E-state index in [1.807, 2.05) is 60.8 Å². The van der Waals surface area contributed by atoms with Crippen molar-refractivity contribution in [1.82, 2.24) is 4.98 Å². The van der Waals surface area contributed by atoms with Gasteiger partial charge in [0.05, 0.1) is 25.1 Å². The van der Waals surface area contributed by atoms with Gasteiger partial charge in [-0.15, -0.1) is 11.3 Å². The Bertz CT molecular complexity index is 983. The van der Waals surface area contributed by atoms with Gasteiger partial charge < -0.3 is 9.47 Å². The quantitative estimate of drug-likeness (QED) is 0.454. The number of methoxy groups -OCH3 is 1. The summed E-state index contributed by atoms with van der Waals surface area (Å²) in [6.45, 7) is 4.60. The van der Waals surface area contributed by atoms with Gasteiger partial charge in [-0.1, -0.05) is 31.2 Å². The van der Waals surface area contributed by atoms with E-state index in [1.165, 1.54) is 11.3 Å². The van der Waals surface area contributed by atoms with E-state index in [0.717, 1.165) is 23.4 Å². The molecule has 0 aliphatic carbocycles. The Morgan fingerprint density at radius 3 is 2.62 bits per heavy atom. The minimum absolute atomic E-state index is 0.171.